The average Bonchev–Trinajstić information content (AvgIpc) is 2.83. The summed E-state index contributed by atoms with van der Waals surface area (Å²) in [6.45, 7) is 7.02. The number of hydrogen-bond acceptors (Lipinski definition) is 5. The van der Waals surface area contributed by atoms with Gasteiger partial charge in [0.15, 0.2) is 4.34 Å². The molecule has 3 nitrogen and oxygen atoms in total. The molecule has 0 aliphatic rings. The summed E-state index contributed by atoms with van der Waals surface area (Å²) in [5.74, 6) is -0.206. The van der Waals surface area contributed by atoms with Gasteiger partial charge in [0, 0.05) is 10.9 Å². The van der Waals surface area contributed by atoms with Crippen LogP contribution in [0.5, 0.6) is 0 Å². The van der Waals surface area contributed by atoms with E-state index in [1.807, 2.05) is 13.0 Å². The Kier molecular flexibility index (Phi) is 5.51. The number of aryl methyl sites for hydroxylation is 1. The van der Waals surface area contributed by atoms with Gasteiger partial charge >= 0.3 is 0 Å². The molecule has 1 atom stereocenters. The number of rotatable bonds is 6. The van der Waals surface area contributed by atoms with E-state index in [-0.39, 0.29) is 11.9 Å². The average molecular weight is 311 g/mol. The molecule has 1 heterocycles. The Bertz CT molecular complexity index is 571. The first-order valence-corrected chi connectivity index (χ1v) is 8.24. The fourth-order valence-electron chi connectivity index (χ4n) is 1.84. The smallest absolute Gasteiger partial charge is 0.179 e. The van der Waals surface area contributed by atoms with Gasteiger partial charge in [-0.2, -0.15) is 0 Å². The van der Waals surface area contributed by atoms with E-state index >= 15 is 0 Å². The van der Waals surface area contributed by atoms with Gasteiger partial charge in [-0.1, -0.05) is 30.0 Å². The van der Waals surface area contributed by atoms with Crippen molar-refractivity contribution < 1.29 is 4.39 Å². The first kappa shape index (κ1) is 15.4. The maximum Gasteiger partial charge on any atom is 0.179 e. The lowest BCUT2D eigenvalue weighted by Gasteiger charge is -2.17. The summed E-state index contributed by atoms with van der Waals surface area (Å²) < 4.78 is 14.4. The minimum absolute atomic E-state index is 0.113. The molecule has 0 saturated heterocycles. The molecule has 0 bridgehead atoms. The van der Waals surface area contributed by atoms with Crippen LogP contribution in [-0.4, -0.2) is 16.7 Å². The lowest BCUT2D eigenvalue weighted by Crippen LogP contribution is -2.20. The molecule has 1 N–H and O–H groups in total. The van der Waals surface area contributed by atoms with Crippen LogP contribution in [0, 0.1) is 12.7 Å². The van der Waals surface area contributed by atoms with Gasteiger partial charge < -0.3 is 5.32 Å². The fraction of sp³-hybridized carbons (Fsp3) is 0.429. The minimum Gasteiger partial charge on any atom is -0.310 e. The molecule has 0 fully saturated rings. The van der Waals surface area contributed by atoms with Crippen LogP contribution in [0.2, 0.25) is 0 Å². The molecular formula is C14H18FN3S2. The van der Waals surface area contributed by atoms with E-state index in [0.717, 1.165) is 32.8 Å². The molecule has 6 heteroatoms. The predicted molar refractivity (Wildman–Crippen MR) is 81.9 cm³/mol. The van der Waals surface area contributed by atoms with Crippen molar-refractivity contribution in [2.24, 2.45) is 0 Å². The quantitative estimate of drug-likeness (QED) is 0.867. The van der Waals surface area contributed by atoms with Crippen molar-refractivity contribution in [3.8, 4) is 0 Å². The molecule has 0 aliphatic heterocycles. The van der Waals surface area contributed by atoms with Crippen LogP contribution in [0.25, 0.3) is 0 Å². The molecule has 2 rings (SSSR count). The topological polar surface area (TPSA) is 37.8 Å². The van der Waals surface area contributed by atoms with Gasteiger partial charge in [0.1, 0.15) is 10.8 Å². The van der Waals surface area contributed by atoms with Crippen molar-refractivity contribution in [1.82, 2.24) is 15.5 Å². The Balaban J connectivity index is 2.23. The van der Waals surface area contributed by atoms with Gasteiger partial charge in [-0.25, -0.2) is 4.39 Å². The second kappa shape index (κ2) is 7.15. The van der Waals surface area contributed by atoms with Crippen LogP contribution >= 0.6 is 23.1 Å². The zero-order chi connectivity index (χ0) is 14.5. The molecule has 0 amide bonds. The summed E-state index contributed by atoms with van der Waals surface area (Å²) in [5, 5.41) is 12.5. The Hall–Kier alpha value is -0.980. The van der Waals surface area contributed by atoms with Crippen LogP contribution < -0.4 is 5.32 Å². The summed E-state index contributed by atoms with van der Waals surface area (Å²) in [5.41, 5.74) is 0.969. The first-order chi connectivity index (χ1) is 9.60. The monoisotopic (exact) mass is 311 g/mol. The van der Waals surface area contributed by atoms with E-state index in [0.29, 0.717) is 0 Å². The van der Waals surface area contributed by atoms with E-state index in [4.69, 9.17) is 0 Å². The third-order valence-electron chi connectivity index (χ3n) is 2.84. The number of hydrogen-bond donors (Lipinski definition) is 1. The zero-order valence-corrected chi connectivity index (χ0v) is 13.4. The van der Waals surface area contributed by atoms with E-state index in [1.165, 1.54) is 6.07 Å². The third kappa shape index (κ3) is 4.01. The minimum atomic E-state index is -0.206. The molecule has 1 unspecified atom stereocenters. The molecule has 0 radical (unpaired) electrons. The highest BCUT2D eigenvalue weighted by molar-refractivity contribution is 8.01. The summed E-state index contributed by atoms with van der Waals surface area (Å²) in [6.07, 6.45) is 1.05. The Labute approximate surface area is 127 Å². The summed E-state index contributed by atoms with van der Waals surface area (Å²) in [6, 6.07) is 5.02. The predicted octanol–water partition coefficient (Wildman–Crippen LogP) is 4.20. The third-order valence-corrected chi connectivity index (χ3v) is 4.82. The van der Waals surface area contributed by atoms with Crippen molar-refractivity contribution in [3.63, 3.8) is 0 Å². The normalized spacial score (nSPS) is 12.6. The number of nitrogens with zero attached hydrogens (tertiary/aromatic N) is 2. The SMILES string of the molecule is CCCNC(C)c1cc(F)ccc1Sc1nnc(C)s1. The molecule has 108 valence electrons. The fourth-order valence-corrected chi connectivity index (χ4v) is 3.81. The Morgan fingerprint density at radius 2 is 2.20 bits per heavy atom. The molecule has 1 aromatic heterocycles. The van der Waals surface area contributed by atoms with Gasteiger partial charge in [-0.3, -0.25) is 0 Å². The van der Waals surface area contributed by atoms with Crippen LogP contribution in [-0.2, 0) is 0 Å². The van der Waals surface area contributed by atoms with Crippen molar-refractivity contribution in [1.29, 1.82) is 0 Å². The van der Waals surface area contributed by atoms with Crippen molar-refractivity contribution in [3.05, 3.63) is 34.6 Å². The van der Waals surface area contributed by atoms with Crippen LogP contribution in [0.4, 0.5) is 4.39 Å². The molecule has 0 aliphatic carbocycles. The standard InChI is InChI=1S/C14H18FN3S2/c1-4-7-16-9(2)12-8-11(15)5-6-13(12)20-14-18-17-10(3)19-14/h5-6,8-9,16H,4,7H2,1-3H3. The lowest BCUT2D eigenvalue weighted by atomic mass is 10.1. The Morgan fingerprint density at radius 3 is 2.85 bits per heavy atom. The molecule has 1 aromatic carbocycles. The van der Waals surface area contributed by atoms with E-state index < -0.39 is 0 Å². The van der Waals surface area contributed by atoms with Crippen LogP contribution in [0.1, 0.15) is 36.9 Å². The van der Waals surface area contributed by atoms with Gasteiger partial charge in [0.05, 0.1) is 0 Å². The molecular weight excluding hydrogens is 293 g/mol. The van der Waals surface area contributed by atoms with E-state index in [9.17, 15) is 4.39 Å². The molecule has 0 saturated carbocycles. The van der Waals surface area contributed by atoms with Gasteiger partial charge in [0.2, 0.25) is 0 Å². The van der Waals surface area contributed by atoms with E-state index in [1.54, 1.807) is 29.2 Å². The zero-order valence-electron chi connectivity index (χ0n) is 11.8. The highest BCUT2D eigenvalue weighted by atomic mass is 32.2. The van der Waals surface area contributed by atoms with Gasteiger partial charge in [0.25, 0.3) is 0 Å². The maximum absolute atomic E-state index is 13.5. The van der Waals surface area contributed by atoms with E-state index in [2.05, 4.69) is 29.4 Å². The number of benzene rings is 1. The van der Waals surface area contributed by atoms with Crippen LogP contribution in [0.15, 0.2) is 27.4 Å². The summed E-state index contributed by atoms with van der Waals surface area (Å²) in [7, 11) is 0. The highest BCUT2D eigenvalue weighted by Gasteiger charge is 2.14. The molecule has 0 spiro atoms. The van der Waals surface area contributed by atoms with Gasteiger partial charge in [-0.05, 0) is 50.6 Å². The second-order valence-corrected chi connectivity index (χ2v) is 7.02. The second-order valence-electron chi connectivity index (χ2n) is 4.55. The van der Waals surface area contributed by atoms with Gasteiger partial charge in [-0.15, -0.1) is 10.2 Å². The summed E-state index contributed by atoms with van der Waals surface area (Å²) >= 11 is 3.10. The van der Waals surface area contributed by atoms with Crippen molar-refractivity contribution in [2.75, 3.05) is 6.54 Å². The Morgan fingerprint density at radius 1 is 1.40 bits per heavy atom. The van der Waals surface area contributed by atoms with Crippen molar-refractivity contribution >= 4 is 23.1 Å². The maximum atomic E-state index is 13.5. The molecule has 20 heavy (non-hydrogen) atoms. The lowest BCUT2D eigenvalue weighted by molar-refractivity contribution is 0.554. The molecule has 2 aromatic rings. The highest BCUT2D eigenvalue weighted by Crippen LogP contribution is 2.35. The summed E-state index contributed by atoms with van der Waals surface area (Å²) in [4.78, 5) is 1.03. The van der Waals surface area contributed by atoms with Crippen molar-refractivity contribution in [2.45, 2.75) is 42.5 Å². The first-order valence-electron chi connectivity index (χ1n) is 6.61. The number of nitrogens with one attached hydrogen (secondary N) is 1. The number of aromatic nitrogens is 2. The van der Waals surface area contributed by atoms with Crippen LogP contribution in [0.3, 0.4) is 0 Å². The largest absolute Gasteiger partial charge is 0.310 e. The number of halogens is 1.